The van der Waals surface area contributed by atoms with Crippen LogP contribution in [0.1, 0.15) is 44.9 Å². The smallest absolute Gasteiger partial charge is 0.136 e. The fourth-order valence-electron chi connectivity index (χ4n) is 3.55. The van der Waals surface area contributed by atoms with Gasteiger partial charge in [-0.3, -0.25) is 9.69 Å². The number of nitrogens with zero attached hydrogens (tertiary/aromatic N) is 1. The van der Waals surface area contributed by atoms with Gasteiger partial charge in [0.2, 0.25) is 0 Å². The third kappa shape index (κ3) is 2.17. The van der Waals surface area contributed by atoms with Crippen LogP contribution in [0.5, 0.6) is 0 Å². The van der Waals surface area contributed by atoms with Gasteiger partial charge in [0.25, 0.3) is 0 Å². The minimum Gasteiger partial charge on any atom is -0.300 e. The van der Waals surface area contributed by atoms with Gasteiger partial charge in [-0.15, -0.1) is 0 Å². The highest BCUT2D eigenvalue weighted by Gasteiger charge is 2.40. The molecule has 0 saturated carbocycles. The molecular weight excluding hydrogens is 218 g/mol. The van der Waals surface area contributed by atoms with Crippen LogP contribution in [0, 0.1) is 0 Å². The Kier molecular flexibility index (Phi) is 3.25. The largest absolute Gasteiger partial charge is 0.300 e. The summed E-state index contributed by atoms with van der Waals surface area (Å²) in [6.07, 6.45) is 8.45. The maximum Gasteiger partial charge on any atom is 0.136 e. The number of piperidine rings is 1. The topological polar surface area (TPSA) is 20.3 Å². The number of hydrogen-bond acceptors (Lipinski definition) is 3. The summed E-state index contributed by atoms with van der Waals surface area (Å²) in [5.74, 6) is 1.87. The van der Waals surface area contributed by atoms with E-state index in [1.807, 2.05) is 0 Å². The van der Waals surface area contributed by atoms with E-state index in [9.17, 15) is 4.79 Å². The Morgan fingerprint density at radius 1 is 1.12 bits per heavy atom. The summed E-state index contributed by atoms with van der Waals surface area (Å²) >= 11 is 2.16. The van der Waals surface area contributed by atoms with Crippen LogP contribution < -0.4 is 0 Å². The molecule has 3 aliphatic heterocycles. The summed E-state index contributed by atoms with van der Waals surface area (Å²) in [5, 5.41) is 0.852. The predicted molar refractivity (Wildman–Crippen MR) is 67.9 cm³/mol. The molecule has 16 heavy (non-hydrogen) atoms. The zero-order valence-electron chi connectivity index (χ0n) is 9.86. The first-order valence-corrected chi connectivity index (χ1v) is 7.77. The molecule has 2 nitrogen and oxygen atoms in total. The van der Waals surface area contributed by atoms with Gasteiger partial charge in [-0.05, 0) is 31.4 Å². The van der Waals surface area contributed by atoms with Crippen LogP contribution in [-0.4, -0.2) is 40.3 Å². The van der Waals surface area contributed by atoms with Gasteiger partial charge in [-0.1, -0.05) is 6.42 Å². The van der Waals surface area contributed by atoms with Crippen molar-refractivity contribution in [3.05, 3.63) is 0 Å². The molecule has 3 saturated heterocycles. The summed E-state index contributed by atoms with van der Waals surface area (Å²) in [4.78, 5) is 14.2. The molecule has 3 atom stereocenters. The summed E-state index contributed by atoms with van der Waals surface area (Å²) < 4.78 is 0. The molecule has 3 heteroatoms. The third-order valence-corrected chi connectivity index (χ3v) is 5.77. The molecule has 3 rings (SSSR count). The van der Waals surface area contributed by atoms with Gasteiger partial charge in [0.15, 0.2) is 0 Å². The number of Topliss-reactive ketones (excluding diaryl/α,β-unsaturated/α-hetero) is 1. The maximum absolute atomic E-state index is 11.5. The van der Waals surface area contributed by atoms with Gasteiger partial charge in [0.05, 0.1) is 0 Å². The molecule has 0 N–H and O–H groups in total. The van der Waals surface area contributed by atoms with E-state index in [1.54, 1.807) is 0 Å². The molecule has 3 heterocycles. The van der Waals surface area contributed by atoms with Crippen molar-refractivity contribution in [1.29, 1.82) is 0 Å². The third-order valence-electron chi connectivity index (χ3n) is 4.39. The zero-order valence-corrected chi connectivity index (χ0v) is 10.7. The van der Waals surface area contributed by atoms with Gasteiger partial charge < -0.3 is 0 Å². The lowest BCUT2D eigenvalue weighted by Gasteiger charge is -2.37. The van der Waals surface area contributed by atoms with Crippen LogP contribution in [0.2, 0.25) is 0 Å². The second-order valence-electron chi connectivity index (χ2n) is 5.52. The molecular formula is C13H21NOS. The van der Waals surface area contributed by atoms with Crippen LogP contribution >= 0.6 is 11.8 Å². The summed E-state index contributed by atoms with van der Waals surface area (Å²) in [6, 6.07) is 1.21. The van der Waals surface area contributed by atoms with Crippen molar-refractivity contribution >= 4 is 17.5 Å². The summed E-state index contributed by atoms with van der Waals surface area (Å²) in [7, 11) is 0. The molecule has 3 aliphatic rings. The standard InChI is InChI=1S/C13H21NOS/c15-12-7-10-4-5-11(8-12)14(10)9-13-3-1-2-6-16-13/h10-11,13H,1-9H2. The number of fused-ring (bicyclic) bond motifs is 2. The van der Waals surface area contributed by atoms with Crippen molar-refractivity contribution in [2.45, 2.75) is 62.3 Å². The lowest BCUT2D eigenvalue weighted by atomic mass is 10.0. The Bertz CT molecular complexity index is 259. The second-order valence-corrected chi connectivity index (χ2v) is 6.93. The van der Waals surface area contributed by atoms with Gasteiger partial charge in [0.1, 0.15) is 5.78 Å². The minimum atomic E-state index is 0.514. The molecule has 0 aliphatic carbocycles. The molecule has 2 bridgehead atoms. The summed E-state index contributed by atoms with van der Waals surface area (Å²) in [5.41, 5.74) is 0. The normalized spacial score (nSPS) is 40.2. The molecule has 0 aromatic heterocycles. The molecule has 0 aromatic rings. The first-order chi connectivity index (χ1) is 7.83. The highest BCUT2D eigenvalue weighted by atomic mass is 32.2. The molecule has 90 valence electrons. The Balaban J connectivity index is 1.60. The second kappa shape index (κ2) is 4.69. The number of rotatable bonds is 2. The fourth-order valence-corrected chi connectivity index (χ4v) is 4.86. The highest BCUT2D eigenvalue weighted by Crippen LogP contribution is 2.36. The van der Waals surface area contributed by atoms with Crippen LogP contribution in [0.15, 0.2) is 0 Å². The van der Waals surface area contributed by atoms with Crippen LogP contribution in [0.25, 0.3) is 0 Å². The number of carbonyl (C=O) groups excluding carboxylic acids is 1. The number of carbonyl (C=O) groups is 1. The van der Waals surface area contributed by atoms with E-state index in [1.165, 1.54) is 44.4 Å². The Hall–Kier alpha value is -0.0200. The molecule has 0 aromatic carbocycles. The van der Waals surface area contributed by atoms with Gasteiger partial charge in [-0.25, -0.2) is 0 Å². The van der Waals surface area contributed by atoms with E-state index in [0.717, 1.165) is 18.1 Å². The summed E-state index contributed by atoms with van der Waals surface area (Å²) in [6.45, 7) is 1.26. The van der Waals surface area contributed by atoms with Crippen molar-refractivity contribution < 1.29 is 4.79 Å². The zero-order chi connectivity index (χ0) is 11.0. The van der Waals surface area contributed by atoms with E-state index < -0.39 is 0 Å². The number of ketones is 1. The number of hydrogen-bond donors (Lipinski definition) is 0. The van der Waals surface area contributed by atoms with E-state index >= 15 is 0 Å². The van der Waals surface area contributed by atoms with Gasteiger partial charge >= 0.3 is 0 Å². The predicted octanol–water partition coefficient (Wildman–Crippen LogP) is 2.47. The fraction of sp³-hybridized carbons (Fsp3) is 0.923. The van der Waals surface area contributed by atoms with E-state index in [4.69, 9.17) is 0 Å². The SMILES string of the molecule is O=C1CC2CCC(C1)N2CC1CCCCS1. The van der Waals surface area contributed by atoms with Crippen molar-refractivity contribution in [1.82, 2.24) is 4.90 Å². The Morgan fingerprint density at radius 3 is 2.50 bits per heavy atom. The van der Waals surface area contributed by atoms with E-state index in [-0.39, 0.29) is 0 Å². The van der Waals surface area contributed by atoms with Crippen molar-refractivity contribution in [2.75, 3.05) is 12.3 Å². The van der Waals surface area contributed by atoms with Crippen LogP contribution in [-0.2, 0) is 4.79 Å². The number of thioether (sulfide) groups is 1. The first-order valence-electron chi connectivity index (χ1n) is 6.72. The molecule has 0 amide bonds. The van der Waals surface area contributed by atoms with Crippen LogP contribution in [0.3, 0.4) is 0 Å². The molecule has 0 spiro atoms. The van der Waals surface area contributed by atoms with Crippen LogP contribution in [0.4, 0.5) is 0 Å². The van der Waals surface area contributed by atoms with E-state index in [2.05, 4.69) is 16.7 Å². The van der Waals surface area contributed by atoms with Crippen molar-refractivity contribution in [3.8, 4) is 0 Å². The first kappa shape index (κ1) is 11.1. The average molecular weight is 239 g/mol. The minimum absolute atomic E-state index is 0.514. The maximum atomic E-state index is 11.5. The Labute approximate surface area is 102 Å². The van der Waals surface area contributed by atoms with Gasteiger partial charge in [-0.2, -0.15) is 11.8 Å². The lowest BCUT2D eigenvalue weighted by molar-refractivity contribution is -0.123. The highest BCUT2D eigenvalue weighted by molar-refractivity contribution is 7.99. The monoisotopic (exact) mass is 239 g/mol. The Morgan fingerprint density at radius 2 is 1.88 bits per heavy atom. The van der Waals surface area contributed by atoms with Crippen molar-refractivity contribution in [2.24, 2.45) is 0 Å². The molecule has 3 unspecified atom stereocenters. The van der Waals surface area contributed by atoms with Gasteiger partial charge in [0, 0.05) is 36.7 Å². The lowest BCUT2D eigenvalue weighted by Crippen LogP contribution is -2.46. The quantitative estimate of drug-likeness (QED) is 0.738. The average Bonchev–Trinajstić information content (AvgIpc) is 2.54. The van der Waals surface area contributed by atoms with E-state index in [0.29, 0.717) is 17.9 Å². The van der Waals surface area contributed by atoms with Crippen molar-refractivity contribution in [3.63, 3.8) is 0 Å². The molecule has 3 fully saturated rings. The molecule has 0 radical (unpaired) electrons.